The molecule has 0 saturated carbocycles. The van der Waals surface area contributed by atoms with Gasteiger partial charge in [-0.1, -0.05) is 0 Å². The third kappa shape index (κ3) is 5.52. The summed E-state index contributed by atoms with van der Waals surface area (Å²) in [6, 6.07) is 14.5. The standard InChI is InChI=1S/C25H29N5O3/c1-17-15-23(29-25(26-17)30-13-5-4-6-14-30)27-19-8-10-20(11-9-19)28-24(31)18-7-12-21(32-2)22(16-18)33-3/h7-12,15-16H,4-6,13-14H2,1-3H3,(H,28,31)(H,26,27,29). The summed E-state index contributed by atoms with van der Waals surface area (Å²) in [5.74, 6) is 2.39. The van der Waals surface area contributed by atoms with Crippen molar-refractivity contribution >= 4 is 29.0 Å². The van der Waals surface area contributed by atoms with E-state index in [0.29, 0.717) is 22.7 Å². The maximum absolute atomic E-state index is 12.6. The molecule has 3 aromatic rings. The number of carbonyl (C=O) groups excluding carboxylic acids is 1. The Balaban J connectivity index is 1.42. The second-order valence-electron chi connectivity index (χ2n) is 7.97. The highest BCUT2D eigenvalue weighted by atomic mass is 16.5. The summed E-state index contributed by atoms with van der Waals surface area (Å²) in [7, 11) is 3.10. The molecule has 2 heterocycles. The maximum atomic E-state index is 12.6. The third-order valence-electron chi connectivity index (χ3n) is 5.54. The smallest absolute Gasteiger partial charge is 0.255 e. The van der Waals surface area contributed by atoms with Gasteiger partial charge in [-0.05, 0) is 68.7 Å². The molecule has 8 nitrogen and oxygen atoms in total. The first-order chi connectivity index (χ1) is 16.1. The predicted molar refractivity (Wildman–Crippen MR) is 130 cm³/mol. The molecule has 2 N–H and O–H groups in total. The third-order valence-corrected chi connectivity index (χ3v) is 5.54. The number of nitrogens with zero attached hydrogens (tertiary/aromatic N) is 3. The van der Waals surface area contributed by atoms with Gasteiger partial charge in [-0.15, -0.1) is 0 Å². The van der Waals surface area contributed by atoms with Crippen LogP contribution in [0, 0.1) is 6.92 Å². The van der Waals surface area contributed by atoms with E-state index in [1.165, 1.54) is 19.3 Å². The van der Waals surface area contributed by atoms with Gasteiger partial charge in [-0.2, -0.15) is 4.98 Å². The van der Waals surface area contributed by atoms with Crippen molar-refractivity contribution in [3.8, 4) is 11.5 Å². The van der Waals surface area contributed by atoms with E-state index >= 15 is 0 Å². The van der Waals surface area contributed by atoms with E-state index in [0.717, 1.165) is 36.2 Å². The summed E-state index contributed by atoms with van der Waals surface area (Å²) in [5, 5.41) is 6.25. The highest BCUT2D eigenvalue weighted by Crippen LogP contribution is 2.28. The Kier molecular flexibility index (Phi) is 6.92. The van der Waals surface area contributed by atoms with Crippen LogP contribution < -0.4 is 25.0 Å². The van der Waals surface area contributed by atoms with Gasteiger partial charge < -0.3 is 25.0 Å². The van der Waals surface area contributed by atoms with Gasteiger partial charge in [0.25, 0.3) is 5.91 Å². The normalized spacial score (nSPS) is 13.4. The molecule has 1 aliphatic heterocycles. The van der Waals surface area contributed by atoms with Gasteiger partial charge in [0.1, 0.15) is 5.82 Å². The van der Waals surface area contributed by atoms with Crippen molar-refractivity contribution in [1.29, 1.82) is 0 Å². The van der Waals surface area contributed by atoms with Gasteiger partial charge in [-0.25, -0.2) is 4.98 Å². The number of aryl methyl sites for hydroxylation is 1. The van der Waals surface area contributed by atoms with E-state index < -0.39 is 0 Å². The number of rotatable bonds is 7. The molecule has 0 atom stereocenters. The number of piperidine rings is 1. The van der Waals surface area contributed by atoms with Crippen molar-refractivity contribution in [2.24, 2.45) is 0 Å². The van der Waals surface area contributed by atoms with E-state index in [9.17, 15) is 4.79 Å². The van der Waals surface area contributed by atoms with Crippen LogP contribution in [0.1, 0.15) is 35.3 Å². The first-order valence-electron chi connectivity index (χ1n) is 11.1. The Morgan fingerprint density at radius 1 is 0.879 bits per heavy atom. The number of nitrogens with one attached hydrogen (secondary N) is 2. The molecule has 8 heteroatoms. The molecule has 2 aromatic carbocycles. The van der Waals surface area contributed by atoms with E-state index in [2.05, 4.69) is 20.5 Å². The van der Waals surface area contributed by atoms with Crippen LogP contribution in [0.15, 0.2) is 48.5 Å². The fourth-order valence-electron chi connectivity index (χ4n) is 3.82. The Hall–Kier alpha value is -3.81. The zero-order valence-corrected chi connectivity index (χ0v) is 19.2. The quantitative estimate of drug-likeness (QED) is 0.538. The highest BCUT2D eigenvalue weighted by Gasteiger charge is 2.15. The summed E-state index contributed by atoms with van der Waals surface area (Å²) >= 11 is 0. The highest BCUT2D eigenvalue weighted by molar-refractivity contribution is 6.04. The number of benzene rings is 2. The lowest BCUT2D eigenvalue weighted by molar-refractivity contribution is 0.102. The minimum absolute atomic E-state index is 0.228. The molecule has 1 aliphatic rings. The van der Waals surface area contributed by atoms with Crippen LogP contribution in [0.3, 0.4) is 0 Å². The number of ether oxygens (including phenoxy) is 2. The first-order valence-corrected chi connectivity index (χ1v) is 11.1. The second-order valence-corrected chi connectivity index (χ2v) is 7.97. The van der Waals surface area contributed by atoms with E-state index in [-0.39, 0.29) is 5.91 Å². The van der Waals surface area contributed by atoms with Gasteiger partial charge in [0.15, 0.2) is 11.5 Å². The average Bonchev–Trinajstić information content (AvgIpc) is 2.85. The number of amides is 1. The summed E-state index contributed by atoms with van der Waals surface area (Å²) in [6.07, 6.45) is 3.62. The molecule has 1 amide bonds. The van der Waals surface area contributed by atoms with Gasteiger partial charge in [0.2, 0.25) is 5.95 Å². The number of methoxy groups -OCH3 is 2. The molecule has 4 rings (SSSR count). The summed E-state index contributed by atoms with van der Waals surface area (Å²) in [6.45, 7) is 3.97. The second kappa shape index (κ2) is 10.2. The SMILES string of the molecule is COc1ccc(C(=O)Nc2ccc(Nc3cc(C)nc(N4CCCCC4)n3)cc2)cc1OC. The topological polar surface area (TPSA) is 88.6 Å². The van der Waals surface area contributed by atoms with Crippen LogP contribution in [0.2, 0.25) is 0 Å². The Bertz CT molecular complexity index is 1110. The van der Waals surface area contributed by atoms with E-state index in [1.54, 1.807) is 32.4 Å². The van der Waals surface area contributed by atoms with Crippen LogP contribution >= 0.6 is 0 Å². The fraction of sp³-hybridized carbons (Fsp3) is 0.320. The number of hydrogen-bond donors (Lipinski definition) is 2. The van der Waals surface area contributed by atoms with E-state index in [1.807, 2.05) is 37.3 Å². The van der Waals surface area contributed by atoms with Crippen LogP contribution in [0.4, 0.5) is 23.1 Å². The van der Waals surface area contributed by atoms with Crippen LogP contribution in [-0.4, -0.2) is 43.2 Å². The first kappa shape index (κ1) is 22.4. The molecule has 0 aliphatic carbocycles. The maximum Gasteiger partial charge on any atom is 0.255 e. The minimum atomic E-state index is -0.228. The van der Waals surface area contributed by atoms with Crippen LogP contribution in [-0.2, 0) is 0 Å². The summed E-state index contributed by atoms with van der Waals surface area (Å²) in [4.78, 5) is 24.2. The lowest BCUT2D eigenvalue weighted by Gasteiger charge is -2.27. The molecule has 1 saturated heterocycles. The summed E-state index contributed by atoms with van der Waals surface area (Å²) in [5.41, 5.74) is 2.97. The number of hydrogen-bond acceptors (Lipinski definition) is 7. The number of aromatic nitrogens is 2. The van der Waals surface area contributed by atoms with Crippen molar-refractivity contribution in [3.05, 3.63) is 59.8 Å². The van der Waals surface area contributed by atoms with Crippen molar-refractivity contribution in [3.63, 3.8) is 0 Å². The largest absolute Gasteiger partial charge is 0.493 e. The van der Waals surface area contributed by atoms with Gasteiger partial charge >= 0.3 is 0 Å². The average molecular weight is 448 g/mol. The number of carbonyl (C=O) groups is 1. The molecule has 172 valence electrons. The minimum Gasteiger partial charge on any atom is -0.493 e. The Morgan fingerprint density at radius 3 is 2.27 bits per heavy atom. The van der Waals surface area contributed by atoms with E-state index in [4.69, 9.17) is 14.5 Å². The molecule has 0 spiro atoms. The van der Waals surface area contributed by atoms with Gasteiger partial charge in [-0.3, -0.25) is 4.79 Å². The van der Waals surface area contributed by atoms with Crippen molar-refractivity contribution in [2.75, 3.05) is 42.8 Å². The Morgan fingerprint density at radius 2 is 1.58 bits per heavy atom. The van der Waals surface area contributed by atoms with Crippen molar-refractivity contribution < 1.29 is 14.3 Å². The number of anilines is 4. The zero-order valence-electron chi connectivity index (χ0n) is 19.2. The lowest BCUT2D eigenvalue weighted by atomic mass is 10.1. The Labute approximate surface area is 194 Å². The van der Waals surface area contributed by atoms with Gasteiger partial charge in [0, 0.05) is 41.8 Å². The molecule has 0 bridgehead atoms. The van der Waals surface area contributed by atoms with Crippen LogP contribution in [0.5, 0.6) is 11.5 Å². The zero-order chi connectivity index (χ0) is 23.2. The van der Waals surface area contributed by atoms with Crippen molar-refractivity contribution in [2.45, 2.75) is 26.2 Å². The van der Waals surface area contributed by atoms with Gasteiger partial charge in [0.05, 0.1) is 14.2 Å². The van der Waals surface area contributed by atoms with Crippen LogP contribution in [0.25, 0.3) is 0 Å². The summed E-state index contributed by atoms with van der Waals surface area (Å²) < 4.78 is 10.5. The molecule has 0 radical (unpaired) electrons. The van der Waals surface area contributed by atoms with Crippen molar-refractivity contribution in [1.82, 2.24) is 9.97 Å². The molecule has 33 heavy (non-hydrogen) atoms. The fourth-order valence-corrected chi connectivity index (χ4v) is 3.82. The molecular formula is C25H29N5O3. The monoisotopic (exact) mass is 447 g/mol. The molecular weight excluding hydrogens is 418 g/mol. The predicted octanol–water partition coefficient (Wildman–Crippen LogP) is 4.79. The molecule has 1 aromatic heterocycles. The lowest BCUT2D eigenvalue weighted by Crippen LogP contribution is -2.31. The molecule has 0 unspecified atom stereocenters. The molecule has 1 fully saturated rings.